The Morgan fingerprint density at radius 3 is 2.81 bits per heavy atom. The number of nitrogens with one attached hydrogen (secondary N) is 1. The number of esters is 1. The Kier molecular flexibility index (Phi) is 6.97. The Bertz CT molecular complexity index is 514. The molecule has 0 heterocycles. The second-order valence-electron chi connectivity index (χ2n) is 4.12. The Hall–Kier alpha value is -2.34. The Balaban J connectivity index is 2.92. The van der Waals surface area contributed by atoms with Crippen molar-refractivity contribution in [1.29, 1.82) is 0 Å². The van der Waals surface area contributed by atoms with E-state index < -0.39 is 5.97 Å². The van der Waals surface area contributed by atoms with Crippen molar-refractivity contribution in [2.24, 2.45) is 5.73 Å². The van der Waals surface area contributed by atoms with E-state index in [1.807, 2.05) is 6.92 Å². The van der Waals surface area contributed by atoms with Crippen molar-refractivity contribution in [2.75, 3.05) is 25.1 Å². The SMILES string of the molecule is C=CCOC(=O)c1ccc(NC(=O)CCN)c(OCC)c1. The summed E-state index contributed by atoms with van der Waals surface area (Å²) in [6, 6.07) is 4.70. The Labute approximate surface area is 123 Å². The first-order valence-corrected chi connectivity index (χ1v) is 6.67. The average Bonchev–Trinajstić information content (AvgIpc) is 2.47. The van der Waals surface area contributed by atoms with Crippen molar-refractivity contribution < 1.29 is 19.1 Å². The number of benzene rings is 1. The normalized spacial score (nSPS) is 9.81. The fraction of sp³-hybridized carbons (Fsp3) is 0.333. The molecule has 0 atom stereocenters. The number of ether oxygens (including phenoxy) is 2. The van der Waals surface area contributed by atoms with E-state index in [2.05, 4.69) is 11.9 Å². The predicted molar refractivity (Wildman–Crippen MR) is 80.4 cm³/mol. The number of rotatable bonds is 8. The third-order valence-corrected chi connectivity index (χ3v) is 2.49. The molecule has 1 aromatic carbocycles. The molecule has 0 bridgehead atoms. The zero-order valence-corrected chi connectivity index (χ0v) is 12.1. The van der Waals surface area contributed by atoms with Crippen molar-refractivity contribution in [3.05, 3.63) is 36.4 Å². The molecule has 6 nitrogen and oxygen atoms in total. The maximum Gasteiger partial charge on any atom is 0.338 e. The van der Waals surface area contributed by atoms with Crippen LogP contribution < -0.4 is 15.8 Å². The van der Waals surface area contributed by atoms with E-state index in [0.29, 0.717) is 23.6 Å². The van der Waals surface area contributed by atoms with Gasteiger partial charge in [-0.1, -0.05) is 12.7 Å². The minimum atomic E-state index is -0.476. The lowest BCUT2D eigenvalue weighted by Gasteiger charge is -2.12. The molecule has 3 N–H and O–H groups in total. The number of carbonyl (C=O) groups excluding carboxylic acids is 2. The van der Waals surface area contributed by atoms with E-state index in [0.717, 1.165) is 0 Å². The smallest absolute Gasteiger partial charge is 0.338 e. The summed E-state index contributed by atoms with van der Waals surface area (Å²) in [4.78, 5) is 23.3. The van der Waals surface area contributed by atoms with Crippen LogP contribution in [0.2, 0.25) is 0 Å². The first kappa shape index (κ1) is 16.7. The van der Waals surface area contributed by atoms with Crippen LogP contribution in [0, 0.1) is 0 Å². The van der Waals surface area contributed by atoms with Crippen LogP contribution >= 0.6 is 0 Å². The molecule has 1 aromatic rings. The number of hydrogen-bond acceptors (Lipinski definition) is 5. The highest BCUT2D eigenvalue weighted by molar-refractivity contribution is 5.95. The fourth-order valence-corrected chi connectivity index (χ4v) is 1.59. The Morgan fingerprint density at radius 1 is 1.43 bits per heavy atom. The van der Waals surface area contributed by atoms with Crippen LogP contribution in [0.5, 0.6) is 5.75 Å². The monoisotopic (exact) mass is 292 g/mol. The molecular weight excluding hydrogens is 272 g/mol. The number of hydrogen-bond donors (Lipinski definition) is 2. The highest BCUT2D eigenvalue weighted by Gasteiger charge is 2.13. The molecule has 0 aliphatic rings. The molecule has 0 fully saturated rings. The first-order chi connectivity index (χ1) is 10.1. The second kappa shape index (κ2) is 8.76. The zero-order valence-electron chi connectivity index (χ0n) is 12.1. The fourth-order valence-electron chi connectivity index (χ4n) is 1.59. The summed E-state index contributed by atoms with van der Waals surface area (Å²) < 4.78 is 10.4. The molecule has 0 saturated heterocycles. The highest BCUT2D eigenvalue weighted by Crippen LogP contribution is 2.26. The zero-order chi connectivity index (χ0) is 15.7. The molecule has 114 valence electrons. The van der Waals surface area contributed by atoms with Crippen LogP contribution in [0.3, 0.4) is 0 Å². The first-order valence-electron chi connectivity index (χ1n) is 6.67. The molecule has 0 aromatic heterocycles. The molecule has 21 heavy (non-hydrogen) atoms. The van der Waals surface area contributed by atoms with Crippen LogP contribution in [0.1, 0.15) is 23.7 Å². The van der Waals surface area contributed by atoms with Gasteiger partial charge < -0.3 is 20.5 Å². The summed E-state index contributed by atoms with van der Waals surface area (Å²) >= 11 is 0. The van der Waals surface area contributed by atoms with Gasteiger partial charge in [-0.3, -0.25) is 4.79 Å². The minimum Gasteiger partial charge on any atom is -0.492 e. The van der Waals surface area contributed by atoms with Gasteiger partial charge in [-0.25, -0.2) is 4.79 Å². The quantitative estimate of drug-likeness (QED) is 0.562. The molecule has 1 rings (SSSR count). The van der Waals surface area contributed by atoms with Gasteiger partial charge in [0.25, 0.3) is 0 Å². The molecule has 0 saturated carbocycles. The second-order valence-corrected chi connectivity index (χ2v) is 4.12. The summed E-state index contributed by atoms with van der Waals surface area (Å²) in [7, 11) is 0. The largest absolute Gasteiger partial charge is 0.492 e. The maximum absolute atomic E-state index is 11.8. The molecule has 0 aliphatic carbocycles. The standard InChI is InChI=1S/C15H20N2O4/c1-3-9-21-15(19)11-5-6-12(13(10-11)20-4-2)17-14(18)7-8-16/h3,5-6,10H,1,4,7-9,16H2,2H3,(H,17,18). The van der Waals surface area contributed by atoms with Crippen molar-refractivity contribution in [3.63, 3.8) is 0 Å². The van der Waals surface area contributed by atoms with Gasteiger partial charge in [-0.15, -0.1) is 0 Å². The van der Waals surface area contributed by atoms with Gasteiger partial charge in [0, 0.05) is 13.0 Å². The van der Waals surface area contributed by atoms with E-state index >= 15 is 0 Å². The topological polar surface area (TPSA) is 90.7 Å². The van der Waals surface area contributed by atoms with Crippen LogP contribution in [0.15, 0.2) is 30.9 Å². The van der Waals surface area contributed by atoms with Gasteiger partial charge in [0.1, 0.15) is 12.4 Å². The minimum absolute atomic E-state index is 0.137. The van der Waals surface area contributed by atoms with Gasteiger partial charge in [0.15, 0.2) is 0 Å². The van der Waals surface area contributed by atoms with Gasteiger partial charge in [0.2, 0.25) is 5.91 Å². The van der Waals surface area contributed by atoms with Crippen LogP contribution in [-0.4, -0.2) is 31.6 Å². The van der Waals surface area contributed by atoms with Crippen molar-refractivity contribution in [3.8, 4) is 5.75 Å². The summed E-state index contributed by atoms with van der Waals surface area (Å²) in [5.41, 5.74) is 6.17. The van der Waals surface area contributed by atoms with Crippen LogP contribution in [0.4, 0.5) is 5.69 Å². The van der Waals surface area contributed by atoms with Crippen LogP contribution in [0.25, 0.3) is 0 Å². The summed E-state index contributed by atoms with van der Waals surface area (Å²) in [5, 5.41) is 2.69. The van der Waals surface area contributed by atoms with E-state index in [9.17, 15) is 9.59 Å². The van der Waals surface area contributed by atoms with Crippen molar-refractivity contribution >= 4 is 17.6 Å². The third kappa shape index (κ3) is 5.27. The summed E-state index contributed by atoms with van der Waals surface area (Å²) in [6.45, 7) is 6.10. The lowest BCUT2D eigenvalue weighted by Crippen LogP contribution is -2.17. The molecule has 1 amide bonds. The maximum atomic E-state index is 11.8. The van der Waals surface area contributed by atoms with E-state index in [-0.39, 0.29) is 25.5 Å². The molecule has 0 aliphatic heterocycles. The number of nitrogens with two attached hydrogens (primary N) is 1. The number of amides is 1. The molecule has 0 spiro atoms. The predicted octanol–water partition coefficient (Wildman–Crippen LogP) is 1.72. The van der Waals surface area contributed by atoms with E-state index in [1.54, 1.807) is 12.1 Å². The van der Waals surface area contributed by atoms with Gasteiger partial charge in [0.05, 0.1) is 17.9 Å². The van der Waals surface area contributed by atoms with Crippen molar-refractivity contribution in [2.45, 2.75) is 13.3 Å². The number of carbonyl (C=O) groups is 2. The summed E-state index contributed by atoms with van der Waals surface area (Å²) in [6.07, 6.45) is 1.71. The molecule has 0 unspecified atom stereocenters. The lowest BCUT2D eigenvalue weighted by atomic mass is 10.2. The number of anilines is 1. The Morgan fingerprint density at radius 2 is 2.19 bits per heavy atom. The molecule has 0 radical (unpaired) electrons. The van der Waals surface area contributed by atoms with E-state index in [4.69, 9.17) is 15.2 Å². The molecular formula is C15H20N2O4. The highest BCUT2D eigenvalue weighted by atomic mass is 16.5. The van der Waals surface area contributed by atoms with Crippen molar-refractivity contribution in [1.82, 2.24) is 0 Å². The van der Waals surface area contributed by atoms with E-state index in [1.165, 1.54) is 12.1 Å². The third-order valence-electron chi connectivity index (χ3n) is 2.49. The average molecular weight is 292 g/mol. The molecule has 6 heteroatoms. The van der Waals surface area contributed by atoms with Gasteiger partial charge in [-0.05, 0) is 25.1 Å². The van der Waals surface area contributed by atoms with Gasteiger partial charge in [-0.2, -0.15) is 0 Å². The summed E-state index contributed by atoms with van der Waals surface area (Å²) in [5.74, 6) is -0.271. The lowest BCUT2D eigenvalue weighted by molar-refractivity contribution is -0.116. The van der Waals surface area contributed by atoms with Crippen LogP contribution in [-0.2, 0) is 9.53 Å². The van der Waals surface area contributed by atoms with Gasteiger partial charge >= 0.3 is 5.97 Å².